The first-order chi connectivity index (χ1) is 12.2. The minimum absolute atomic E-state index is 0.279. The highest BCUT2D eigenvalue weighted by Gasteiger charge is 2.22. The number of rotatable bonds is 8. The molecule has 0 bridgehead atoms. The minimum Gasteiger partial charge on any atom is -0.467 e. The first-order valence-corrected chi connectivity index (χ1v) is 9.44. The highest BCUT2D eigenvalue weighted by Crippen LogP contribution is 2.20. The van der Waals surface area contributed by atoms with Crippen molar-refractivity contribution in [2.75, 3.05) is 19.6 Å². The molecule has 0 saturated carbocycles. The van der Waals surface area contributed by atoms with Gasteiger partial charge < -0.3 is 19.7 Å². The largest absolute Gasteiger partial charge is 0.467 e. The summed E-state index contributed by atoms with van der Waals surface area (Å²) in [6, 6.07) is 15.2. The molecule has 25 heavy (non-hydrogen) atoms. The van der Waals surface area contributed by atoms with Gasteiger partial charge in [-0.1, -0.05) is 30.3 Å². The summed E-state index contributed by atoms with van der Waals surface area (Å²) in [4.78, 5) is 2.56. The Hall–Kier alpha value is -1.62. The van der Waals surface area contributed by atoms with Crippen molar-refractivity contribution in [1.29, 1.82) is 0 Å². The number of aliphatic hydroxyl groups is 1. The van der Waals surface area contributed by atoms with Crippen LogP contribution >= 0.6 is 0 Å². The summed E-state index contributed by atoms with van der Waals surface area (Å²) in [5.74, 6) is 0.657. The third kappa shape index (κ3) is 5.70. The molecule has 2 N–H and O–H groups in total. The van der Waals surface area contributed by atoms with Crippen LogP contribution in [0.3, 0.4) is 0 Å². The lowest BCUT2D eigenvalue weighted by Gasteiger charge is -2.34. The molecule has 3 rings (SSSR count). The molecule has 2 atom stereocenters. The molecular formula is C21H30N2O2. The SMILES string of the molecule is CC(CC(O)c1ccco1)NC1CCN(CCc2ccccc2)CC1. The number of furan rings is 1. The van der Waals surface area contributed by atoms with Crippen molar-refractivity contribution in [3.63, 3.8) is 0 Å². The summed E-state index contributed by atoms with van der Waals surface area (Å²) in [5, 5.41) is 13.9. The van der Waals surface area contributed by atoms with E-state index in [1.54, 1.807) is 6.26 Å². The molecule has 1 aliphatic heterocycles. The third-order valence-electron chi connectivity index (χ3n) is 5.12. The number of hydrogen-bond acceptors (Lipinski definition) is 4. The van der Waals surface area contributed by atoms with E-state index in [1.807, 2.05) is 12.1 Å². The Morgan fingerprint density at radius 1 is 1.16 bits per heavy atom. The van der Waals surface area contributed by atoms with Gasteiger partial charge in [0.1, 0.15) is 11.9 Å². The normalized spacial score (nSPS) is 19.0. The zero-order valence-corrected chi connectivity index (χ0v) is 15.1. The number of nitrogens with zero attached hydrogens (tertiary/aromatic N) is 1. The van der Waals surface area contributed by atoms with Gasteiger partial charge in [0.15, 0.2) is 0 Å². The van der Waals surface area contributed by atoms with Gasteiger partial charge in [-0.25, -0.2) is 0 Å². The summed E-state index contributed by atoms with van der Waals surface area (Å²) < 4.78 is 5.28. The molecule has 2 aromatic rings. The van der Waals surface area contributed by atoms with Crippen LogP contribution in [0, 0.1) is 0 Å². The zero-order chi connectivity index (χ0) is 17.5. The maximum Gasteiger partial charge on any atom is 0.132 e. The summed E-state index contributed by atoms with van der Waals surface area (Å²) in [7, 11) is 0. The highest BCUT2D eigenvalue weighted by molar-refractivity contribution is 5.14. The monoisotopic (exact) mass is 342 g/mol. The first kappa shape index (κ1) is 18.2. The Morgan fingerprint density at radius 2 is 1.92 bits per heavy atom. The van der Waals surface area contributed by atoms with Gasteiger partial charge in [-0.05, 0) is 63.4 Å². The standard InChI is InChI=1S/C21H30N2O2/c1-17(16-20(24)21-8-5-15-25-21)22-19-10-13-23(14-11-19)12-9-18-6-3-2-4-7-18/h2-8,15,17,19-20,22,24H,9-14,16H2,1H3. The van der Waals surface area contributed by atoms with Gasteiger partial charge in [-0.15, -0.1) is 0 Å². The van der Waals surface area contributed by atoms with E-state index in [-0.39, 0.29) is 6.04 Å². The van der Waals surface area contributed by atoms with Crippen molar-refractivity contribution in [3.8, 4) is 0 Å². The lowest BCUT2D eigenvalue weighted by Crippen LogP contribution is -2.46. The first-order valence-electron chi connectivity index (χ1n) is 9.44. The van der Waals surface area contributed by atoms with Crippen molar-refractivity contribution in [3.05, 3.63) is 60.1 Å². The van der Waals surface area contributed by atoms with Crippen LogP contribution in [0.2, 0.25) is 0 Å². The van der Waals surface area contributed by atoms with Crippen molar-refractivity contribution < 1.29 is 9.52 Å². The second-order valence-electron chi connectivity index (χ2n) is 7.19. The van der Waals surface area contributed by atoms with Gasteiger partial charge in [-0.2, -0.15) is 0 Å². The summed E-state index contributed by atoms with van der Waals surface area (Å²) >= 11 is 0. The van der Waals surface area contributed by atoms with Crippen molar-refractivity contribution in [2.45, 2.75) is 50.8 Å². The number of nitrogens with one attached hydrogen (secondary N) is 1. The van der Waals surface area contributed by atoms with Gasteiger partial charge in [-0.3, -0.25) is 0 Å². The number of benzene rings is 1. The van der Waals surface area contributed by atoms with E-state index in [2.05, 4.69) is 47.5 Å². The van der Waals surface area contributed by atoms with E-state index in [1.165, 1.54) is 18.4 Å². The average molecular weight is 342 g/mol. The fraction of sp³-hybridized carbons (Fsp3) is 0.524. The van der Waals surface area contributed by atoms with E-state index in [0.29, 0.717) is 18.2 Å². The molecule has 0 aliphatic carbocycles. The molecule has 4 nitrogen and oxygen atoms in total. The van der Waals surface area contributed by atoms with Gasteiger partial charge in [0, 0.05) is 18.6 Å². The minimum atomic E-state index is -0.525. The molecule has 2 heterocycles. The maximum atomic E-state index is 10.2. The summed E-state index contributed by atoms with van der Waals surface area (Å²) in [5.41, 5.74) is 1.42. The number of aliphatic hydroxyl groups excluding tert-OH is 1. The zero-order valence-electron chi connectivity index (χ0n) is 15.1. The Morgan fingerprint density at radius 3 is 2.60 bits per heavy atom. The van der Waals surface area contributed by atoms with E-state index in [9.17, 15) is 5.11 Å². The van der Waals surface area contributed by atoms with E-state index >= 15 is 0 Å². The van der Waals surface area contributed by atoms with E-state index < -0.39 is 6.10 Å². The second kappa shape index (κ2) is 9.18. The fourth-order valence-corrected chi connectivity index (χ4v) is 3.66. The Labute approximate surface area is 150 Å². The topological polar surface area (TPSA) is 48.6 Å². The van der Waals surface area contributed by atoms with E-state index in [4.69, 9.17) is 4.42 Å². The maximum absolute atomic E-state index is 10.2. The van der Waals surface area contributed by atoms with E-state index in [0.717, 1.165) is 26.1 Å². The van der Waals surface area contributed by atoms with Crippen molar-refractivity contribution >= 4 is 0 Å². The smallest absolute Gasteiger partial charge is 0.132 e. The predicted octanol–water partition coefficient (Wildman–Crippen LogP) is 3.39. The average Bonchev–Trinajstić information content (AvgIpc) is 3.17. The van der Waals surface area contributed by atoms with Crippen LogP contribution in [-0.4, -0.2) is 41.7 Å². The van der Waals surface area contributed by atoms with Crippen molar-refractivity contribution in [1.82, 2.24) is 10.2 Å². The lowest BCUT2D eigenvalue weighted by molar-refractivity contribution is 0.121. The number of piperidine rings is 1. The van der Waals surface area contributed by atoms with Gasteiger partial charge >= 0.3 is 0 Å². The van der Waals surface area contributed by atoms with Gasteiger partial charge in [0.25, 0.3) is 0 Å². The number of likely N-dealkylation sites (tertiary alicyclic amines) is 1. The molecule has 4 heteroatoms. The molecule has 0 radical (unpaired) electrons. The molecule has 2 unspecified atom stereocenters. The molecule has 1 aromatic heterocycles. The number of hydrogen-bond donors (Lipinski definition) is 2. The van der Waals surface area contributed by atoms with Crippen LogP contribution in [0.15, 0.2) is 53.1 Å². The molecule has 1 saturated heterocycles. The quantitative estimate of drug-likeness (QED) is 0.772. The molecule has 0 amide bonds. The third-order valence-corrected chi connectivity index (χ3v) is 5.12. The predicted molar refractivity (Wildman–Crippen MR) is 100 cm³/mol. The van der Waals surface area contributed by atoms with Crippen LogP contribution < -0.4 is 5.32 Å². The summed E-state index contributed by atoms with van der Waals surface area (Å²) in [6.07, 6.45) is 5.25. The molecule has 1 aromatic carbocycles. The fourth-order valence-electron chi connectivity index (χ4n) is 3.66. The lowest BCUT2D eigenvalue weighted by atomic mass is 10.0. The highest BCUT2D eigenvalue weighted by atomic mass is 16.4. The van der Waals surface area contributed by atoms with Gasteiger partial charge in [0.2, 0.25) is 0 Å². The van der Waals surface area contributed by atoms with Crippen LogP contribution in [0.4, 0.5) is 0 Å². The molecule has 0 spiro atoms. The van der Waals surface area contributed by atoms with Crippen LogP contribution in [-0.2, 0) is 6.42 Å². The Balaban J connectivity index is 1.34. The second-order valence-corrected chi connectivity index (χ2v) is 7.19. The Bertz CT molecular complexity index is 592. The Kier molecular flexibility index (Phi) is 6.68. The van der Waals surface area contributed by atoms with Crippen LogP contribution in [0.1, 0.15) is 43.6 Å². The molecular weight excluding hydrogens is 312 g/mol. The van der Waals surface area contributed by atoms with Gasteiger partial charge in [0.05, 0.1) is 6.26 Å². The molecule has 1 fully saturated rings. The van der Waals surface area contributed by atoms with Crippen LogP contribution in [0.25, 0.3) is 0 Å². The summed E-state index contributed by atoms with van der Waals surface area (Å²) in [6.45, 7) is 5.59. The van der Waals surface area contributed by atoms with Crippen molar-refractivity contribution in [2.24, 2.45) is 0 Å². The van der Waals surface area contributed by atoms with Crippen LogP contribution in [0.5, 0.6) is 0 Å². The molecule has 1 aliphatic rings. The molecule has 136 valence electrons.